The summed E-state index contributed by atoms with van der Waals surface area (Å²) < 4.78 is 12.3. The largest absolute Gasteiger partial charge is 0.353 e. The van der Waals surface area contributed by atoms with E-state index in [9.17, 15) is 0 Å². The standard InChI is InChI=1S/C17H26O2/c1-3-17-10-12-7-13(11-17)9-14(8-12)16(17,2)19-15-5-4-6-18-15/h3,12-15H,1,4-11H2,2H3. The van der Waals surface area contributed by atoms with Crippen LogP contribution in [0.25, 0.3) is 0 Å². The first-order chi connectivity index (χ1) is 9.15. The van der Waals surface area contributed by atoms with E-state index in [1.54, 1.807) is 0 Å². The van der Waals surface area contributed by atoms with Crippen LogP contribution in [0.1, 0.15) is 51.9 Å². The highest BCUT2D eigenvalue weighted by molar-refractivity contribution is 5.19. The summed E-state index contributed by atoms with van der Waals surface area (Å²) in [6.45, 7) is 7.43. The average molecular weight is 262 g/mol. The van der Waals surface area contributed by atoms with Crippen LogP contribution >= 0.6 is 0 Å². The normalized spacial score (nSPS) is 55.6. The van der Waals surface area contributed by atoms with Gasteiger partial charge in [-0.1, -0.05) is 6.08 Å². The van der Waals surface area contributed by atoms with Gasteiger partial charge in [-0.2, -0.15) is 0 Å². The van der Waals surface area contributed by atoms with Gasteiger partial charge in [0.1, 0.15) is 0 Å². The van der Waals surface area contributed by atoms with E-state index in [-0.39, 0.29) is 17.3 Å². The van der Waals surface area contributed by atoms with Crippen molar-refractivity contribution < 1.29 is 9.47 Å². The Hall–Kier alpha value is -0.340. The monoisotopic (exact) mass is 262 g/mol. The molecule has 1 saturated heterocycles. The summed E-state index contributed by atoms with van der Waals surface area (Å²) >= 11 is 0. The Kier molecular flexibility index (Phi) is 2.66. The van der Waals surface area contributed by atoms with Gasteiger partial charge in [0.15, 0.2) is 6.29 Å². The van der Waals surface area contributed by atoms with E-state index in [0.717, 1.165) is 37.2 Å². The zero-order valence-electron chi connectivity index (χ0n) is 12.1. The van der Waals surface area contributed by atoms with Gasteiger partial charge >= 0.3 is 0 Å². The molecule has 4 bridgehead atoms. The van der Waals surface area contributed by atoms with Crippen LogP contribution in [0.4, 0.5) is 0 Å². The second-order valence-corrected chi connectivity index (χ2v) is 7.57. The maximum Gasteiger partial charge on any atom is 0.158 e. The molecular weight excluding hydrogens is 236 g/mol. The first-order valence-electron chi connectivity index (χ1n) is 8.08. The molecule has 0 N–H and O–H groups in total. The van der Waals surface area contributed by atoms with Gasteiger partial charge in [-0.25, -0.2) is 0 Å². The van der Waals surface area contributed by atoms with Crippen LogP contribution in [-0.2, 0) is 9.47 Å². The van der Waals surface area contributed by atoms with E-state index < -0.39 is 0 Å². The van der Waals surface area contributed by atoms with E-state index in [1.807, 2.05) is 0 Å². The zero-order valence-corrected chi connectivity index (χ0v) is 12.1. The van der Waals surface area contributed by atoms with Crippen molar-refractivity contribution >= 4 is 0 Å². The summed E-state index contributed by atoms with van der Waals surface area (Å²) in [6, 6.07) is 0. The highest BCUT2D eigenvalue weighted by Crippen LogP contribution is 2.66. The number of rotatable bonds is 3. The Morgan fingerprint density at radius 2 is 1.95 bits per heavy atom. The van der Waals surface area contributed by atoms with Crippen molar-refractivity contribution in [3.05, 3.63) is 12.7 Å². The number of hydrogen-bond acceptors (Lipinski definition) is 2. The number of hydrogen-bond donors (Lipinski definition) is 0. The molecule has 4 aliphatic carbocycles. The molecular formula is C17H26O2. The molecule has 2 heteroatoms. The highest BCUT2D eigenvalue weighted by atomic mass is 16.7. The summed E-state index contributed by atoms with van der Waals surface area (Å²) in [6.07, 6.45) is 11.3. The summed E-state index contributed by atoms with van der Waals surface area (Å²) in [5, 5.41) is 0. The zero-order chi connectivity index (χ0) is 13.1. The Balaban J connectivity index is 1.66. The summed E-state index contributed by atoms with van der Waals surface area (Å²) in [5.41, 5.74) is 0.185. The molecule has 4 atom stereocenters. The van der Waals surface area contributed by atoms with Gasteiger partial charge in [0, 0.05) is 18.4 Å². The van der Waals surface area contributed by atoms with E-state index in [1.165, 1.54) is 32.1 Å². The average Bonchev–Trinajstić information content (AvgIpc) is 2.88. The second kappa shape index (κ2) is 4.08. The fourth-order valence-corrected chi connectivity index (χ4v) is 5.77. The second-order valence-electron chi connectivity index (χ2n) is 7.57. The predicted molar refractivity (Wildman–Crippen MR) is 74.6 cm³/mol. The number of ether oxygens (including phenoxy) is 2. The lowest BCUT2D eigenvalue weighted by atomic mass is 9.43. The minimum Gasteiger partial charge on any atom is -0.353 e. The summed E-state index contributed by atoms with van der Waals surface area (Å²) in [4.78, 5) is 0. The van der Waals surface area contributed by atoms with Crippen molar-refractivity contribution in [1.29, 1.82) is 0 Å². The van der Waals surface area contributed by atoms with Crippen LogP contribution in [0.2, 0.25) is 0 Å². The van der Waals surface area contributed by atoms with Crippen LogP contribution < -0.4 is 0 Å². The molecule has 106 valence electrons. The molecule has 0 amide bonds. The topological polar surface area (TPSA) is 18.5 Å². The van der Waals surface area contributed by atoms with Gasteiger partial charge in [-0.3, -0.25) is 0 Å². The van der Waals surface area contributed by atoms with Crippen molar-refractivity contribution in [3.8, 4) is 0 Å². The molecule has 0 aromatic heterocycles. The Morgan fingerprint density at radius 3 is 2.53 bits per heavy atom. The predicted octanol–water partition coefficient (Wildman–Crippen LogP) is 3.91. The van der Waals surface area contributed by atoms with Gasteiger partial charge in [0.2, 0.25) is 0 Å². The van der Waals surface area contributed by atoms with Crippen molar-refractivity contribution in [3.63, 3.8) is 0 Å². The van der Waals surface area contributed by atoms with Crippen molar-refractivity contribution in [2.45, 2.75) is 63.8 Å². The summed E-state index contributed by atoms with van der Waals surface area (Å²) in [7, 11) is 0. The van der Waals surface area contributed by atoms with Crippen LogP contribution in [0, 0.1) is 23.2 Å². The molecule has 19 heavy (non-hydrogen) atoms. The molecule has 4 saturated carbocycles. The van der Waals surface area contributed by atoms with E-state index in [0.29, 0.717) is 0 Å². The molecule has 2 nitrogen and oxygen atoms in total. The van der Waals surface area contributed by atoms with Crippen LogP contribution in [0.15, 0.2) is 12.7 Å². The molecule has 1 heterocycles. The van der Waals surface area contributed by atoms with Crippen LogP contribution in [0.5, 0.6) is 0 Å². The smallest absolute Gasteiger partial charge is 0.158 e. The summed E-state index contributed by atoms with van der Waals surface area (Å²) in [5.74, 6) is 2.58. The molecule has 0 spiro atoms. The van der Waals surface area contributed by atoms with Gasteiger partial charge in [0.05, 0.1) is 5.60 Å². The van der Waals surface area contributed by atoms with E-state index in [4.69, 9.17) is 9.47 Å². The molecule has 5 aliphatic rings. The lowest BCUT2D eigenvalue weighted by Crippen LogP contribution is -2.64. The minimum absolute atomic E-state index is 0.0306. The van der Waals surface area contributed by atoms with Gasteiger partial charge in [-0.15, -0.1) is 6.58 Å². The van der Waals surface area contributed by atoms with Crippen molar-refractivity contribution in [2.24, 2.45) is 23.2 Å². The molecule has 1 aliphatic heterocycles. The molecule has 4 unspecified atom stereocenters. The van der Waals surface area contributed by atoms with E-state index >= 15 is 0 Å². The lowest BCUT2D eigenvalue weighted by Gasteiger charge is -2.65. The maximum absolute atomic E-state index is 6.58. The van der Waals surface area contributed by atoms with Gasteiger partial charge < -0.3 is 9.47 Å². The third kappa shape index (κ3) is 1.62. The third-order valence-electron chi connectivity index (χ3n) is 6.63. The Morgan fingerprint density at radius 1 is 1.21 bits per heavy atom. The third-order valence-corrected chi connectivity index (χ3v) is 6.63. The minimum atomic E-state index is -0.0306. The van der Waals surface area contributed by atoms with Crippen LogP contribution in [-0.4, -0.2) is 18.5 Å². The Bertz CT molecular complexity index is 371. The van der Waals surface area contributed by atoms with Crippen molar-refractivity contribution in [2.75, 3.05) is 6.61 Å². The molecule has 0 aromatic rings. The molecule has 5 rings (SSSR count). The first kappa shape index (κ1) is 12.4. The van der Waals surface area contributed by atoms with Gasteiger partial charge in [-0.05, 0) is 63.2 Å². The molecule has 5 fully saturated rings. The molecule has 0 aromatic carbocycles. The van der Waals surface area contributed by atoms with Gasteiger partial charge in [0.25, 0.3) is 0 Å². The highest BCUT2D eigenvalue weighted by Gasteiger charge is 2.63. The fourth-order valence-electron chi connectivity index (χ4n) is 5.77. The van der Waals surface area contributed by atoms with E-state index in [2.05, 4.69) is 19.6 Å². The Labute approximate surface area is 116 Å². The quantitative estimate of drug-likeness (QED) is 0.718. The van der Waals surface area contributed by atoms with Crippen LogP contribution in [0.3, 0.4) is 0 Å². The molecule has 0 radical (unpaired) electrons. The first-order valence-corrected chi connectivity index (χ1v) is 8.08. The lowest BCUT2D eigenvalue weighted by molar-refractivity contribution is -0.284. The maximum atomic E-state index is 6.58. The fraction of sp³-hybridized carbons (Fsp3) is 0.882. The SMILES string of the molecule is C=CC12CC3CC(CC(C3)C1(C)OC1CCCO1)C2. The van der Waals surface area contributed by atoms with Crippen molar-refractivity contribution in [1.82, 2.24) is 0 Å².